The number of rotatable bonds is 16. The van der Waals surface area contributed by atoms with Gasteiger partial charge in [0.25, 0.3) is 6.47 Å². The van der Waals surface area contributed by atoms with Crippen molar-refractivity contribution in [1.29, 1.82) is 0 Å². The molecular weight excluding hydrogens is 600 g/mol. The quantitative estimate of drug-likeness (QED) is 0.0679. The maximum atomic E-state index is 12.0. The van der Waals surface area contributed by atoms with Gasteiger partial charge in [-0.1, -0.05) is 89.4 Å². The van der Waals surface area contributed by atoms with Gasteiger partial charge in [0.2, 0.25) is 0 Å². The summed E-state index contributed by atoms with van der Waals surface area (Å²) in [7, 11) is 0. The molecule has 0 heterocycles. The van der Waals surface area contributed by atoms with E-state index in [1.54, 1.807) is 20.8 Å². The van der Waals surface area contributed by atoms with Crippen LogP contribution < -0.4 is 0 Å². The van der Waals surface area contributed by atoms with Gasteiger partial charge in [-0.2, -0.15) is 0 Å². The van der Waals surface area contributed by atoms with Crippen LogP contribution in [0.25, 0.3) is 0 Å². The highest BCUT2D eigenvalue weighted by Crippen LogP contribution is 2.19. The maximum Gasteiger partial charge on any atom is 0.333 e. The van der Waals surface area contributed by atoms with Crippen LogP contribution in [0.2, 0.25) is 0 Å². The van der Waals surface area contributed by atoms with E-state index < -0.39 is 11.9 Å². The van der Waals surface area contributed by atoms with Crippen molar-refractivity contribution in [3.8, 4) is 0 Å². The van der Waals surface area contributed by atoms with Crippen molar-refractivity contribution >= 4 is 24.4 Å². The minimum Gasteiger partial charge on any atom is -0.462 e. The van der Waals surface area contributed by atoms with Crippen LogP contribution >= 0.6 is 0 Å². The molecular formula is C38H54O9. The molecule has 0 aliphatic heterocycles. The Bertz CT molecular complexity index is 1240. The van der Waals surface area contributed by atoms with Gasteiger partial charge in [-0.3, -0.25) is 9.59 Å². The Hall–Kier alpha value is -4.24. The first-order chi connectivity index (χ1) is 22.1. The summed E-state index contributed by atoms with van der Waals surface area (Å²) in [6.07, 6.45) is 1.95. The second-order valence-electron chi connectivity index (χ2n) is 12.0. The largest absolute Gasteiger partial charge is 0.462 e. The molecule has 0 saturated heterocycles. The Balaban J connectivity index is 0.000000753. The SMILES string of the molecule is C=C(C)C(=O)OCCO.C=C(C)C(=O)OCCOC(=O)C(C)c1ccc(CC(C)C)cc1.CC(C)Cc1ccc(C(C)OC=O)cc1. The lowest BCUT2D eigenvalue weighted by atomic mass is 9.97. The molecule has 0 amide bonds. The zero-order chi connectivity index (χ0) is 35.9. The van der Waals surface area contributed by atoms with Crippen LogP contribution in [0.4, 0.5) is 0 Å². The van der Waals surface area contributed by atoms with E-state index in [4.69, 9.17) is 19.3 Å². The van der Waals surface area contributed by atoms with Gasteiger partial charge in [0, 0.05) is 11.1 Å². The minimum absolute atomic E-state index is 0.0392. The number of carbonyl (C=O) groups excluding carboxylic acids is 4. The standard InChI is InChI=1S/C19H26O4.C13H18O2.C6H10O3/c1-13(2)12-16-6-8-17(9-7-16)15(5)19(21)23-11-10-22-18(20)14(3)4;1-10(2)8-12-4-6-13(7-5-12)11(3)15-9-14;1-5(2)6(8)9-4-3-7/h6-9,13,15H,3,10-12H2,1-2,4-5H3;4-7,9-11H,8H2,1-3H3;7H,1,3-4H2,2H3. The van der Waals surface area contributed by atoms with Crippen molar-refractivity contribution in [2.45, 2.75) is 80.3 Å². The second kappa shape index (κ2) is 24.0. The Morgan fingerprint density at radius 2 is 1.09 bits per heavy atom. The Kier molecular flexibility index (Phi) is 21.8. The van der Waals surface area contributed by atoms with Gasteiger partial charge in [-0.05, 0) is 74.6 Å². The van der Waals surface area contributed by atoms with Crippen LogP contribution in [-0.2, 0) is 51.0 Å². The van der Waals surface area contributed by atoms with Crippen molar-refractivity contribution in [1.82, 2.24) is 0 Å². The minimum atomic E-state index is -0.477. The average Bonchev–Trinajstić information content (AvgIpc) is 3.02. The molecule has 0 aromatic heterocycles. The molecule has 1 N–H and O–H groups in total. The Morgan fingerprint density at radius 1 is 0.681 bits per heavy atom. The summed E-state index contributed by atoms with van der Waals surface area (Å²) in [5.74, 6) is -0.337. The van der Waals surface area contributed by atoms with Crippen molar-refractivity contribution < 1.29 is 43.2 Å². The lowest BCUT2D eigenvalue weighted by Gasteiger charge is -2.13. The normalized spacial score (nSPS) is 11.5. The average molecular weight is 655 g/mol. The number of hydrogen-bond donors (Lipinski definition) is 1. The predicted octanol–water partition coefficient (Wildman–Crippen LogP) is 6.87. The number of esters is 3. The molecule has 9 heteroatoms. The fourth-order valence-electron chi connectivity index (χ4n) is 3.89. The zero-order valence-corrected chi connectivity index (χ0v) is 29.4. The van der Waals surface area contributed by atoms with Gasteiger partial charge in [0.15, 0.2) is 0 Å². The van der Waals surface area contributed by atoms with E-state index >= 15 is 0 Å². The molecule has 0 radical (unpaired) electrons. The summed E-state index contributed by atoms with van der Waals surface area (Å²) in [4.78, 5) is 43.8. The highest BCUT2D eigenvalue weighted by molar-refractivity contribution is 5.87. The lowest BCUT2D eigenvalue weighted by Crippen LogP contribution is -2.18. The third-order valence-corrected chi connectivity index (χ3v) is 6.41. The molecule has 0 aliphatic carbocycles. The molecule has 9 nitrogen and oxygen atoms in total. The molecule has 2 aromatic carbocycles. The highest BCUT2D eigenvalue weighted by Gasteiger charge is 2.17. The summed E-state index contributed by atoms with van der Waals surface area (Å²) >= 11 is 0. The summed E-state index contributed by atoms with van der Waals surface area (Å²) in [5.41, 5.74) is 5.22. The van der Waals surface area contributed by atoms with Gasteiger partial charge in [0.1, 0.15) is 25.9 Å². The highest BCUT2D eigenvalue weighted by atomic mass is 16.6. The fourth-order valence-corrected chi connectivity index (χ4v) is 3.89. The fraction of sp³-hybridized carbons (Fsp3) is 0.474. The second-order valence-corrected chi connectivity index (χ2v) is 12.0. The molecule has 2 atom stereocenters. The van der Waals surface area contributed by atoms with E-state index in [0.717, 1.165) is 24.0 Å². The van der Waals surface area contributed by atoms with Gasteiger partial charge >= 0.3 is 17.9 Å². The topological polar surface area (TPSA) is 125 Å². The van der Waals surface area contributed by atoms with Crippen LogP contribution in [-0.4, -0.2) is 55.9 Å². The monoisotopic (exact) mass is 654 g/mol. The molecule has 0 aliphatic rings. The first kappa shape index (κ1) is 42.8. The molecule has 260 valence electrons. The smallest absolute Gasteiger partial charge is 0.333 e. The van der Waals surface area contributed by atoms with Crippen molar-refractivity contribution in [3.05, 3.63) is 95.1 Å². The summed E-state index contributed by atoms with van der Waals surface area (Å²) in [5, 5.41) is 8.19. The van der Waals surface area contributed by atoms with Crippen molar-refractivity contribution in [2.75, 3.05) is 26.4 Å². The van der Waals surface area contributed by atoms with Crippen LogP contribution in [0.1, 0.15) is 89.7 Å². The number of carbonyl (C=O) groups is 4. The molecule has 0 saturated carbocycles. The summed E-state index contributed by atoms with van der Waals surface area (Å²) < 4.78 is 19.3. The van der Waals surface area contributed by atoms with Gasteiger partial charge in [-0.25, -0.2) is 9.59 Å². The summed E-state index contributed by atoms with van der Waals surface area (Å²) in [6.45, 7) is 22.9. The molecule has 0 bridgehead atoms. The third kappa shape index (κ3) is 19.8. The van der Waals surface area contributed by atoms with E-state index in [-0.39, 0.29) is 44.4 Å². The Labute approximate surface area is 281 Å². The maximum absolute atomic E-state index is 12.0. The van der Waals surface area contributed by atoms with Crippen LogP contribution in [0.15, 0.2) is 72.8 Å². The van der Waals surface area contributed by atoms with E-state index in [1.807, 2.05) is 43.3 Å². The number of aliphatic hydroxyl groups excluding tert-OH is 1. The molecule has 2 aromatic rings. The van der Waals surface area contributed by atoms with Crippen molar-refractivity contribution in [3.63, 3.8) is 0 Å². The lowest BCUT2D eigenvalue weighted by molar-refractivity contribution is -0.151. The third-order valence-electron chi connectivity index (χ3n) is 6.41. The van der Waals surface area contributed by atoms with E-state index in [1.165, 1.54) is 11.1 Å². The summed E-state index contributed by atoms with van der Waals surface area (Å²) in [6, 6.07) is 16.3. The number of ether oxygens (including phenoxy) is 4. The number of aliphatic hydroxyl groups is 1. The van der Waals surface area contributed by atoms with Gasteiger partial charge in [-0.15, -0.1) is 0 Å². The van der Waals surface area contributed by atoms with Crippen LogP contribution in [0.5, 0.6) is 0 Å². The van der Waals surface area contributed by atoms with E-state index in [9.17, 15) is 19.2 Å². The van der Waals surface area contributed by atoms with Gasteiger partial charge < -0.3 is 24.1 Å². The molecule has 47 heavy (non-hydrogen) atoms. The molecule has 0 spiro atoms. The molecule has 2 rings (SSSR count). The van der Waals surface area contributed by atoms with Gasteiger partial charge in [0.05, 0.1) is 12.5 Å². The van der Waals surface area contributed by atoms with E-state index in [2.05, 4.69) is 57.7 Å². The molecule has 2 unspecified atom stereocenters. The predicted molar refractivity (Wildman–Crippen MR) is 184 cm³/mol. The first-order valence-corrected chi connectivity index (χ1v) is 15.8. The van der Waals surface area contributed by atoms with Crippen LogP contribution in [0.3, 0.4) is 0 Å². The van der Waals surface area contributed by atoms with Crippen LogP contribution in [0, 0.1) is 11.8 Å². The van der Waals surface area contributed by atoms with E-state index in [0.29, 0.717) is 29.5 Å². The zero-order valence-electron chi connectivity index (χ0n) is 29.4. The molecule has 0 fully saturated rings. The van der Waals surface area contributed by atoms with Crippen molar-refractivity contribution in [2.24, 2.45) is 11.8 Å². The number of hydrogen-bond acceptors (Lipinski definition) is 9. The first-order valence-electron chi connectivity index (χ1n) is 15.8. The Morgan fingerprint density at radius 3 is 1.47 bits per heavy atom. The number of benzene rings is 2.